The molecule has 2 aliphatic rings. The van der Waals surface area contributed by atoms with Crippen LogP contribution in [0.5, 0.6) is 0 Å². The van der Waals surface area contributed by atoms with E-state index in [2.05, 4.69) is 25.1 Å². The van der Waals surface area contributed by atoms with E-state index in [1.54, 1.807) is 6.07 Å². The second-order valence-corrected chi connectivity index (χ2v) is 14.0. The van der Waals surface area contributed by atoms with E-state index in [-0.39, 0.29) is 17.8 Å². The number of aryl methyl sites for hydroxylation is 1. The van der Waals surface area contributed by atoms with Gasteiger partial charge < -0.3 is 14.4 Å². The van der Waals surface area contributed by atoms with Crippen molar-refractivity contribution in [2.75, 3.05) is 6.54 Å². The summed E-state index contributed by atoms with van der Waals surface area (Å²) in [5.41, 5.74) is 6.25. The monoisotopic (exact) mass is 555 g/mol. The Morgan fingerprint density at radius 2 is 1.90 bits per heavy atom. The minimum atomic E-state index is -0.424. The molecule has 1 saturated carbocycles. The first-order chi connectivity index (χ1) is 19.2. The predicted molar refractivity (Wildman–Crippen MR) is 161 cm³/mol. The highest BCUT2D eigenvalue weighted by Crippen LogP contribution is 2.36. The number of furan rings is 1. The number of rotatable bonds is 5. The topological polar surface area (TPSA) is 53.7 Å². The third-order valence-corrected chi connectivity index (χ3v) is 10.2. The van der Waals surface area contributed by atoms with E-state index in [0.717, 1.165) is 65.3 Å². The molecule has 40 heavy (non-hydrogen) atoms. The van der Waals surface area contributed by atoms with Crippen LogP contribution in [0.15, 0.2) is 65.1 Å². The lowest BCUT2D eigenvalue weighted by molar-refractivity contribution is 0.0670. The van der Waals surface area contributed by atoms with Crippen LogP contribution in [0.3, 0.4) is 0 Å². The average Bonchev–Trinajstić information content (AvgIpc) is 3.38. The molecule has 6 rings (SSSR count). The molecule has 1 atom stereocenters. The predicted octanol–water partition coefficient (Wildman–Crippen LogP) is 6.35. The molecular weight excluding hydrogens is 517 g/mol. The summed E-state index contributed by atoms with van der Waals surface area (Å²) in [6, 6.07) is 19.5. The zero-order valence-corrected chi connectivity index (χ0v) is 25.7. The van der Waals surface area contributed by atoms with Crippen molar-refractivity contribution in [1.29, 1.82) is 0 Å². The molecule has 6 heteroatoms. The first kappa shape index (κ1) is 27.0. The first-order valence-electron chi connectivity index (χ1n) is 14.7. The largest absolute Gasteiger partial charge is 0.456 e. The molecule has 1 N–H and O–H groups in total. The van der Waals surface area contributed by atoms with E-state index in [1.165, 1.54) is 11.1 Å². The fourth-order valence-electron chi connectivity index (χ4n) is 6.68. The second-order valence-electron chi connectivity index (χ2n) is 12.1. The Morgan fingerprint density at radius 1 is 1.12 bits per heavy atom. The van der Waals surface area contributed by atoms with Gasteiger partial charge in [-0.05, 0) is 110 Å². The third kappa shape index (κ3) is 5.15. The Balaban J connectivity index is 1.25. The van der Waals surface area contributed by atoms with Crippen LogP contribution in [0.2, 0.25) is 0 Å². The van der Waals surface area contributed by atoms with Crippen LogP contribution < -0.4 is 0 Å². The average molecular weight is 556 g/mol. The fraction of sp³-hybridized carbons (Fsp3) is 0.382. The highest BCUT2D eigenvalue weighted by molar-refractivity contribution is 6.14. The van der Waals surface area contributed by atoms with Crippen LogP contribution in [0.4, 0.5) is 4.39 Å². The van der Waals surface area contributed by atoms with Gasteiger partial charge >= 0.3 is 0 Å². The van der Waals surface area contributed by atoms with Gasteiger partial charge in [0.1, 0.15) is 17.2 Å². The Labute approximate surface area is 238 Å². The van der Waals surface area contributed by atoms with Crippen LogP contribution in [0.25, 0.3) is 22.3 Å². The van der Waals surface area contributed by atoms with Gasteiger partial charge in [-0.25, -0.2) is 4.39 Å². The van der Waals surface area contributed by atoms with Crippen molar-refractivity contribution < 1.29 is 18.7 Å². The molecule has 1 amide bonds. The number of amides is 1. The SMILES string of the molecule is CCc1cc(C(=O)N2CCc3ccccc3[C@H]2C)cc2cc(-c3ccc(CC4CCC(O)([SiH3])CC4)cc3F)oc12. The quantitative estimate of drug-likeness (QED) is 0.292. The smallest absolute Gasteiger partial charge is 0.254 e. The first-order valence-corrected chi connectivity index (χ1v) is 15.7. The minimum absolute atomic E-state index is 0.00867. The Kier molecular flexibility index (Phi) is 7.17. The summed E-state index contributed by atoms with van der Waals surface area (Å²) in [6.07, 6.45) is 6.10. The summed E-state index contributed by atoms with van der Waals surface area (Å²) in [5.74, 6) is 0.701. The van der Waals surface area contributed by atoms with Crippen molar-refractivity contribution >= 4 is 27.1 Å². The van der Waals surface area contributed by atoms with Crippen molar-refractivity contribution in [3.8, 4) is 11.3 Å². The molecular formula is C34H38FNO3Si. The van der Waals surface area contributed by atoms with Gasteiger partial charge in [0.2, 0.25) is 0 Å². The standard InChI is InChI=1S/C34H38FNO3Si/c1-3-24-18-27(33(37)36-15-12-25-6-4-5-7-28(25)21(36)2)19-26-20-31(39-32(24)26)29-9-8-23(17-30(29)35)16-22-10-13-34(38,40)14-11-22/h4-9,17-22,38H,3,10-16H2,1-2,40H3/t21-,22?,34?/m1/s1. The van der Waals surface area contributed by atoms with E-state index in [4.69, 9.17) is 4.42 Å². The van der Waals surface area contributed by atoms with E-state index in [1.807, 2.05) is 48.2 Å². The summed E-state index contributed by atoms with van der Waals surface area (Å²) in [4.78, 5) is 15.7. The van der Waals surface area contributed by atoms with Gasteiger partial charge in [0.05, 0.1) is 11.6 Å². The van der Waals surface area contributed by atoms with Crippen molar-refractivity contribution in [2.45, 2.75) is 70.1 Å². The molecule has 1 aromatic heterocycles. The highest BCUT2D eigenvalue weighted by Gasteiger charge is 2.30. The third-order valence-electron chi connectivity index (χ3n) is 9.18. The number of carbonyl (C=O) groups excluding carboxylic acids is 1. The van der Waals surface area contributed by atoms with Crippen molar-refractivity contribution in [3.05, 3.63) is 94.3 Å². The molecule has 1 fully saturated rings. The van der Waals surface area contributed by atoms with Gasteiger partial charge in [0.25, 0.3) is 5.91 Å². The highest BCUT2D eigenvalue weighted by atomic mass is 28.1. The number of nitrogens with zero attached hydrogens (tertiary/aromatic N) is 1. The summed E-state index contributed by atoms with van der Waals surface area (Å²) >= 11 is 0. The minimum Gasteiger partial charge on any atom is -0.456 e. The lowest BCUT2D eigenvalue weighted by Gasteiger charge is -2.35. The van der Waals surface area contributed by atoms with E-state index in [9.17, 15) is 9.90 Å². The number of fused-ring (bicyclic) bond motifs is 2. The summed E-state index contributed by atoms with van der Waals surface area (Å²) in [5, 5.41) is 10.7. The van der Waals surface area contributed by atoms with Gasteiger partial charge in [-0.1, -0.05) is 37.3 Å². The Morgan fingerprint density at radius 3 is 2.65 bits per heavy atom. The molecule has 0 unspecified atom stereocenters. The molecule has 4 nitrogen and oxygen atoms in total. The van der Waals surface area contributed by atoms with Crippen LogP contribution >= 0.6 is 0 Å². The molecule has 1 aliphatic heterocycles. The summed E-state index contributed by atoms with van der Waals surface area (Å²) in [7, 11) is 0.809. The number of hydrogen-bond acceptors (Lipinski definition) is 3. The second kappa shape index (κ2) is 10.6. The van der Waals surface area contributed by atoms with Gasteiger partial charge in [0.15, 0.2) is 0 Å². The normalized spacial score (nSPS) is 22.9. The molecule has 0 spiro atoms. The number of aliphatic hydroxyl groups is 1. The van der Waals surface area contributed by atoms with Crippen molar-refractivity contribution in [1.82, 2.24) is 4.90 Å². The Hall–Kier alpha value is -3.22. The maximum absolute atomic E-state index is 15.4. The lowest BCUT2D eigenvalue weighted by Crippen LogP contribution is -2.38. The zero-order chi connectivity index (χ0) is 28.0. The molecule has 2 heterocycles. The number of carbonyl (C=O) groups is 1. The van der Waals surface area contributed by atoms with Crippen molar-refractivity contribution in [2.24, 2.45) is 5.92 Å². The number of hydrogen-bond donors (Lipinski definition) is 1. The molecule has 4 aromatic rings. The van der Waals surface area contributed by atoms with Crippen LogP contribution in [-0.4, -0.2) is 37.9 Å². The maximum Gasteiger partial charge on any atom is 0.254 e. The molecule has 0 bridgehead atoms. The van der Waals surface area contributed by atoms with Gasteiger partial charge in [-0.3, -0.25) is 4.79 Å². The molecule has 0 radical (unpaired) electrons. The van der Waals surface area contributed by atoms with E-state index < -0.39 is 5.22 Å². The molecule has 1 aliphatic carbocycles. The van der Waals surface area contributed by atoms with Gasteiger partial charge in [-0.2, -0.15) is 0 Å². The van der Waals surface area contributed by atoms with E-state index in [0.29, 0.717) is 41.4 Å². The van der Waals surface area contributed by atoms with Crippen LogP contribution in [0, 0.1) is 11.7 Å². The van der Waals surface area contributed by atoms with Crippen molar-refractivity contribution in [3.63, 3.8) is 0 Å². The molecule has 0 saturated heterocycles. The van der Waals surface area contributed by atoms with Gasteiger partial charge in [-0.15, -0.1) is 0 Å². The van der Waals surface area contributed by atoms with E-state index >= 15 is 4.39 Å². The summed E-state index contributed by atoms with van der Waals surface area (Å²) < 4.78 is 21.6. The number of benzene rings is 3. The lowest BCUT2D eigenvalue weighted by atomic mass is 9.83. The maximum atomic E-state index is 15.4. The number of halogens is 1. The van der Waals surface area contributed by atoms with Crippen LogP contribution in [-0.2, 0) is 19.3 Å². The molecule has 208 valence electrons. The zero-order valence-electron chi connectivity index (χ0n) is 23.7. The fourth-order valence-corrected chi connectivity index (χ4v) is 7.26. The van der Waals surface area contributed by atoms with Gasteiger partial charge in [0, 0.05) is 33.0 Å². The summed E-state index contributed by atoms with van der Waals surface area (Å²) in [6.45, 7) is 4.83. The molecule has 3 aromatic carbocycles. The Bertz CT molecular complexity index is 1560. The van der Waals surface area contributed by atoms with Crippen LogP contribution in [0.1, 0.15) is 78.2 Å².